The van der Waals surface area contributed by atoms with Crippen LogP contribution in [0.4, 0.5) is 0 Å². The Morgan fingerprint density at radius 1 is 1.12 bits per heavy atom. The van der Waals surface area contributed by atoms with Gasteiger partial charge >= 0.3 is 5.97 Å². The third-order valence-electron chi connectivity index (χ3n) is 4.86. The molecule has 32 heavy (non-hydrogen) atoms. The van der Waals surface area contributed by atoms with E-state index in [0.29, 0.717) is 13.1 Å². The van der Waals surface area contributed by atoms with Gasteiger partial charge in [0, 0.05) is 19.6 Å². The van der Waals surface area contributed by atoms with Gasteiger partial charge in [0.2, 0.25) is 10.0 Å². The van der Waals surface area contributed by atoms with Gasteiger partial charge in [0.1, 0.15) is 4.90 Å². The first-order valence-electron chi connectivity index (χ1n) is 10.1. The van der Waals surface area contributed by atoms with Crippen molar-refractivity contribution in [3.8, 4) is 0 Å². The summed E-state index contributed by atoms with van der Waals surface area (Å²) in [6.45, 7) is 4.18. The van der Waals surface area contributed by atoms with Gasteiger partial charge in [-0.1, -0.05) is 41.9 Å². The van der Waals surface area contributed by atoms with Crippen LogP contribution in [0.2, 0.25) is 5.02 Å². The smallest absolute Gasteiger partial charge is 0.338 e. The predicted octanol–water partition coefficient (Wildman–Crippen LogP) is 2.61. The zero-order valence-electron chi connectivity index (χ0n) is 17.8. The second kappa shape index (κ2) is 10.4. The Labute approximate surface area is 192 Å². The van der Waals surface area contributed by atoms with Crippen molar-refractivity contribution in [2.75, 3.05) is 19.7 Å². The van der Waals surface area contributed by atoms with Gasteiger partial charge in [0.05, 0.1) is 22.8 Å². The molecule has 1 amide bonds. The number of carbonyl (C=O) groups is 2. The van der Waals surface area contributed by atoms with Crippen molar-refractivity contribution in [2.24, 2.45) is 0 Å². The van der Waals surface area contributed by atoms with Crippen molar-refractivity contribution < 1.29 is 27.5 Å². The summed E-state index contributed by atoms with van der Waals surface area (Å²) in [5.41, 5.74) is 0.749. The number of esters is 1. The van der Waals surface area contributed by atoms with E-state index in [1.165, 1.54) is 12.1 Å². The SMILES string of the molecule is CC1CN(C(=O)COC(=O)c2ccc(Cl)c(S(=O)(=O)NCc3ccccc3)c2)CC(C)O1. The van der Waals surface area contributed by atoms with E-state index in [1.54, 1.807) is 29.2 Å². The zero-order chi connectivity index (χ0) is 23.3. The van der Waals surface area contributed by atoms with Gasteiger partial charge < -0.3 is 14.4 Å². The van der Waals surface area contributed by atoms with Crippen LogP contribution < -0.4 is 4.72 Å². The number of amides is 1. The van der Waals surface area contributed by atoms with Crippen LogP contribution in [-0.2, 0) is 30.8 Å². The number of nitrogens with zero attached hydrogens (tertiary/aromatic N) is 1. The van der Waals surface area contributed by atoms with Crippen molar-refractivity contribution in [1.82, 2.24) is 9.62 Å². The maximum atomic E-state index is 12.7. The van der Waals surface area contributed by atoms with Crippen LogP contribution in [0, 0.1) is 0 Å². The Hall–Kier alpha value is -2.46. The van der Waals surface area contributed by atoms with Gasteiger partial charge in [0.15, 0.2) is 6.61 Å². The number of hydrogen-bond acceptors (Lipinski definition) is 6. The number of benzene rings is 2. The molecule has 10 heteroatoms. The van der Waals surface area contributed by atoms with Crippen LogP contribution in [-0.4, -0.2) is 57.1 Å². The van der Waals surface area contributed by atoms with E-state index in [9.17, 15) is 18.0 Å². The van der Waals surface area contributed by atoms with E-state index in [4.69, 9.17) is 21.1 Å². The number of sulfonamides is 1. The third-order valence-corrected chi connectivity index (χ3v) is 6.75. The maximum absolute atomic E-state index is 12.7. The van der Waals surface area contributed by atoms with Crippen molar-refractivity contribution in [2.45, 2.75) is 37.5 Å². The number of nitrogens with one attached hydrogen (secondary N) is 1. The summed E-state index contributed by atoms with van der Waals surface area (Å²) in [5.74, 6) is -1.16. The number of ether oxygens (including phenoxy) is 2. The molecular formula is C22H25ClN2O6S. The molecule has 1 heterocycles. The lowest BCUT2D eigenvalue weighted by molar-refractivity contribution is -0.146. The summed E-state index contributed by atoms with van der Waals surface area (Å²) in [6.07, 6.45) is -0.211. The van der Waals surface area contributed by atoms with E-state index < -0.39 is 22.6 Å². The number of hydrogen-bond donors (Lipinski definition) is 1. The molecule has 1 N–H and O–H groups in total. The summed E-state index contributed by atoms with van der Waals surface area (Å²) in [6, 6.07) is 12.8. The predicted molar refractivity (Wildman–Crippen MR) is 119 cm³/mol. The highest BCUT2D eigenvalue weighted by molar-refractivity contribution is 7.89. The van der Waals surface area contributed by atoms with Crippen LogP contribution in [0.5, 0.6) is 0 Å². The molecule has 0 spiro atoms. The molecule has 1 fully saturated rings. The minimum absolute atomic E-state index is 0.0222. The Bertz CT molecular complexity index is 1070. The van der Waals surface area contributed by atoms with Gasteiger partial charge in [-0.25, -0.2) is 17.9 Å². The number of halogens is 1. The average Bonchev–Trinajstić information content (AvgIpc) is 2.76. The molecule has 0 bridgehead atoms. The summed E-state index contributed by atoms with van der Waals surface area (Å²) < 4.78 is 38.6. The largest absolute Gasteiger partial charge is 0.452 e. The first-order valence-corrected chi connectivity index (χ1v) is 12.0. The first kappa shape index (κ1) is 24.2. The van der Waals surface area contributed by atoms with Gasteiger partial charge in [-0.15, -0.1) is 0 Å². The Morgan fingerprint density at radius 3 is 2.44 bits per heavy atom. The quantitative estimate of drug-likeness (QED) is 0.611. The minimum Gasteiger partial charge on any atom is -0.452 e. The molecule has 1 saturated heterocycles. The molecule has 0 saturated carbocycles. The number of morpholine rings is 1. The van der Waals surface area contributed by atoms with Gasteiger partial charge in [0.25, 0.3) is 5.91 Å². The molecule has 2 atom stereocenters. The highest BCUT2D eigenvalue weighted by atomic mass is 35.5. The van der Waals surface area contributed by atoms with E-state index in [2.05, 4.69) is 4.72 Å². The normalized spacial score (nSPS) is 18.9. The topological polar surface area (TPSA) is 102 Å². The van der Waals surface area contributed by atoms with E-state index in [0.717, 1.165) is 11.6 Å². The Kier molecular flexibility index (Phi) is 7.89. The van der Waals surface area contributed by atoms with Crippen molar-refractivity contribution in [1.29, 1.82) is 0 Å². The average molecular weight is 481 g/mol. The number of rotatable bonds is 7. The van der Waals surface area contributed by atoms with Crippen molar-refractivity contribution in [3.63, 3.8) is 0 Å². The van der Waals surface area contributed by atoms with E-state index in [-0.39, 0.29) is 40.1 Å². The van der Waals surface area contributed by atoms with Gasteiger partial charge in [-0.3, -0.25) is 4.79 Å². The van der Waals surface area contributed by atoms with Crippen LogP contribution in [0.3, 0.4) is 0 Å². The highest BCUT2D eigenvalue weighted by Crippen LogP contribution is 2.23. The summed E-state index contributed by atoms with van der Waals surface area (Å²) in [7, 11) is -3.98. The zero-order valence-corrected chi connectivity index (χ0v) is 19.4. The van der Waals surface area contributed by atoms with Gasteiger partial charge in [-0.2, -0.15) is 0 Å². The molecule has 1 aliphatic heterocycles. The highest BCUT2D eigenvalue weighted by Gasteiger charge is 2.27. The monoisotopic (exact) mass is 480 g/mol. The molecule has 2 aromatic carbocycles. The van der Waals surface area contributed by atoms with Crippen molar-refractivity contribution >= 4 is 33.5 Å². The molecule has 0 aromatic heterocycles. The van der Waals surface area contributed by atoms with Gasteiger partial charge in [-0.05, 0) is 37.6 Å². The van der Waals surface area contributed by atoms with Crippen LogP contribution in [0.15, 0.2) is 53.4 Å². The molecular weight excluding hydrogens is 456 g/mol. The van der Waals surface area contributed by atoms with E-state index in [1.807, 2.05) is 19.9 Å². The van der Waals surface area contributed by atoms with Crippen LogP contribution in [0.25, 0.3) is 0 Å². The minimum atomic E-state index is -3.98. The fourth-order valence-corrected chi connectivity index (χ4v) is 4.91. The van der Waals surface area contributed by atoms with E-state index >= 15 is 0 Å². The van der Waals surface area contributed by atoms with Crippen LogP contribution >= 0.6 is 11.6 Å². The molecule has 172 valence electrons. The molecule has 2 unspecified atom stereocenters. The molecule has 3 rings (SSSR count). The first-order chi connectivity index (χ1) is 15.2. The lowest BCUT2D eigenvalue weighted by atomic mass is 10.2. The van der Waals surface area contributed by atoms with Crippen molar-refractivity contribution in [3.05, 3.63) is 64.7 Å². The lowest BCUT2D eigenvalue weighted by Crippen LogP contribution is -2.49. The number of carbonyl (C=O) groups excluding carboxylic acids is 2. The summed E-state index contributed by atoms with van der Waals surface area (Å²) in [4.78, 5) is 26.2. The summed E-state index contributed by atoms with van der Waals surface area (Å²) in [5, 5.41) is -0.0329. The second-order valence-corrected chi connectivity index (χ2v) is 9.73. The Balaban J connectivity index is 1.65. The Morgan fingerprint density at radius 2 is 1.78 bits per heavy atom. The maximum Gasteiger partial charge on any atom is 0.338 e. The molecule has 1 aliphatic rings. The second-order valence-electron chi connectivity index (χ2n) is 7.59. The fourth-order valence-electron chi connectivity index (χ4n) is 3.37. The fraction of sp³-hybridized carbons (Fsp3) is 0.364. The molecule has 2 aromatic rings. The lowest BCUT2D eigenvalue weighted by Gasteiger charge is -2.35. The molecule has 0 radical (unpaired) electrons. The third kappa shape index (κ3) is 6.29. The molecule has 8 nitrogen and oxygen atoms in total. The molecule has 0 aliphatic carbocycles. The summed E-state index contributed by atoms with van der Waals surface area (Å²) >= 11 is 6.08. The standard InChI is InChI=1S/C22H25ClN2O6S/c1-15-12-25(13-16(2)31-15)21(26)14-30-22(27)18-8-9-19(23)20(10-18)32(28,29)24-11-17-6-4-3-5-7-17/h3-10,15-16,24H,11-14H2,1-2H3. The van der Waals surface area contributed by atoms with Crippen LogP contribution in [0.1, 0.15) is 29.8 Å².